The van der Waals surface area contributed by atoms with E-state index in [2.05, 4.69) is 19.6 Å². The summed E-state index contributed by atoms with van der Waals surface area (Å²) in [5, 5.41) is -0.189. The highest BCUT2D eigenvalue weighted by Gasteiger charge is 1.94. The molecule has 0 saturated carbocycles. The Bertz CT molecular complexity index is 126. The van der Waals surface area contributed by atoms with Crippen LogP contribution >= 0.6 is 12.6 Å². The largest absolute Gasteiger partial charge is 0.373 e. The van der Waals surface area contributed by atoms with Crippen molar-refractivity contribution in [3.05, 3.63) is 0 Å². The van der Waals surface area contributed by atoms with Crippen LogP contribution in [0.2, 0.25) is 0 Å². The van der Waals surface area contributed by atoms with E-state index in [1.165, 1.54) is 32.1 Å². The van der Waals surface area contributed by atoms with Gasteiger partial charge in [0, 0.05) is 6.61 Å². The zero-order valence-electron chi connectivity index (χ0n) is 8.42. The van der Waals surface area contributed by atoms with Crippen molar-refractivity contribution in [1.29, 1.82) is 0 Å². The number of rotatable bonds is 9. The van der Waals surface area contributed by atoms with E-state index in [4.69, 9.17) is 4.74 Å². The normalized spacial score (nSPS) is 10.3. The quantitative estimate of drug-likeness (QED) is 0.462. The van der Waals surface area contributed by atoms with Crippen LogP contribution in [0.3, 0.4) is 0 Å². The minimum absolute atomic E-state index is 0.151. The predicted octanol–water partition coefficient (Wildman–Crippen LogP) is 2.82. The van der Waals surface area contributed by atoms with Crippen LogP contribution in [0.5, 0.6) is 0 Å². The molecule has 0 fully saturated rings. The van der Waals surface area contributed by atoms with E-state index in [1.807, 2.05) is 0 Å². The first-order valence-electron chi connectivity index (χ1n) is 5.07. The molecule has 0 N–H and O–H groups in total. The molecule has 0 unspecified atom stereocenters. The van der Waals surface area contributed by atoms with Gasteiger partial charge in [-0.1, -0.05) is 39.0 Å². The average Bonchev–Trinajstić information content (AvgIpc) is 2.09. The lowest BCUT2D eigenvalue weighted by molar-refractivity contribution is -0.114. The first-order valence-corrected chi connectivity index (χ1v) is 5.51. The Kier molecular flexibility index (Phi) is 10.0. The highest BCUT2D eigenvalue weighted by atomic mass is 32.1. The van der Waals surface area contributed by atoms with E-state index < -0.39 is 0 Å². The number of thiol groups is 1. The van der Waals surface area contributed by atoms with Crippen molar-refractivity contribution in [2.75, 3.05) is 13.2 Å². The van der Waals surface area contributed by atoms with Gasteiger partial charge >= 0.3 is 0 Å². The monoisotopic (exact) mass is 204 g/mol. The fraction of sp³-hybridized carbons (Fsp3) is 0.900. The van der Waals surface area contributed by atoms with E-state index >= 15 is 0 Å². The van der Waals surface area contributed by atoms with E-state index in [0.29, 0.717) is 6.61 Å². The Labute approximate surface area is 86.5 Å². The van der Waals surface area contributed by atoms with Gasteiger partial charge < -0.3 is 4.74 Å². The van der Waals surface area contributed by atoms with E-state index in [-0.39, 0.29) is 11.7 Å². The molecule has 0 saturated heterocycles. The molecule has 0 atom stereocenters. The lowest BCUT2D eigenvalue weighted by atomic mass is 10.1. The third-order valence-corrected chi connectivity index (χ3v) is 2.00. The SMILES string of the molecule is CCCCCCCCOCC(=O)S. The van der Waals surface area contributed by atoms with Crippen LogP contribution in [0.15, 0.2) is 0 Å². The van der Waals surface area contributed by atoms with Crippen LogP contribution in [-0.4, -0.2) is 18.3 Å². The fourth-order valence-corrected chi connectivity index (χ4v) is 1.24. The second-order valence-electron chi connectivity index (χ2n) is 3.21. The molecule has 0 bridgehead atoms. The summed E-state index contributed by atoms with van der Waals surface area (Å²) in [6, 6.07) is 0. The molecule has 0 rings (SSSR count). The predicted molar refractivity (Wildman–Crippen MR) is 58.2 cm³/mol. The smallest absolute Gasteiger partial charge is 0.211 e. The average molecular weight is 204 g/mol. The number of unbranched alkanes of at least 4 members (excludes halogenated alkanes) is 5. The molecule has 0 aromatic rings. The third kappa shape index (κ3) is 12.0. The molecular formula is C10H20O2S. The number of ether oxygens (including phenoxy) is 1. The molecule has 0 radical (unpaired) electrons. The summed E-state index contributed by atoms with van der Waals surface area (Å²) in [6.07, 6.45) is 7.49. The van der Waals surface area contributed by atoms with Crippen LogP contribution in [0, 0.1) is 0 Å². The second-order valence-corrected chi connectivity index (χ2v) is 3.71. The fourth-order valence-electron chi connectivity index (χ4n) is 1.14. The standard InChI is InChI=1S/C10H20O2S/c1-2-3-4-5-6-7-8-12-9-10(11)13/h2-9H2,1H3,(H,11,13). The van der Waals surface area contributed by atoms with Crippen molar-refractivity contribution in [3.63, 3.8) is 0 Å². The number of hydrogen-bond acceptors (Lipinski definition) is 2. The molecule has 0 aromatic carbocycles. The summed E-state index contributed by atoms with van der Waals surface area (Å²) in [5.74, 6) is 0. The van der Waals surface area contributed by atoms with Crippen LogP contribution < -0.4 is 0 Å². The molecule has 0 aromatic heterocycles. The second kappa shape index (κ2) is 10.1. The lowest BCUT2D eigenvalue weighted by Gasteiger charge is -2.01. The summed E-state index contributed by atoms with van der Waals surface area (Å²) in [7, 11) is 0. The molecule has 0 aliphatic heterocycles. The molecule has 13 heavy (non-hydrogen) atoms. The molecule has 0 aliphatic rings. The van der Waals surface area contributed by atoms with Gasteiger partial charge in [-0.05, 0) is 6.42 Å². The topological polar surface area (TPSA) is 26.3 Å². The van der Waals surface area contributed by atoms with Gasteiger partial charge in [0.1, 0.15) is 6.61 Å². The van der Waals surface area contributed by atoms with Gasteiger partial charge in [0.25, 0.3) is 0 Å². The summed E-state index contributed by atoms with van der Waals surface area (Å²) in [6.45, 7) is 3.05. The van der Waals surface area contributed by atoms with Crippen molar-refractivity contribution in [1.82, 2.24) is 0 Å². The van der Waals surface area contributed by atoms with E-state index in [0.717, 1.165) is 6.42 Å². The van der Waals surface area contributed by atoms with Crippen LogP contribution in [0.1, 0.15) is 45.4 Å². The molecule has 0 spiro atoms. The van der Waals surface area contributed by atoms with E-state index in [9.17, 15) is 4.79 Å². The molecule has 78 valence electrons. The first-order chi connectivity index (χ1) is 6.27. The zero-order chi connectivity index (χ0) is 9.94. The van der Waals surface area contributed by atoms with Crippen molar-refractivity contribution in [2.24, 2.45) is 0 Å². The van der Waals surface area contributed by atoms with Crippen molar-refractivity contribution in [3.8, 4) is 0 Å². The van der Waals surface area contributed by atoms with Crippen molar-refractivity contribution in [2.45, 2.75) is 45.4 Å². The summed E-state index contributed by atoms with van der Waals surface area (Å²) >= 11 is 3.61. The van der Waals surface area contributed by atoms with Gasteiger partial charge in [-0.25, -0.2) is 0 Å². The maximum absolute atomic E-state index is 10.4. The van der Waals surface area contributed by atoms with Crippen LogP contribution in [0.4, 0.5) is 0 Å². The molecule has 2 nitrogen and oxygen atoms in total. The Balaban J connectivity index is 2.87. The van der Waals surface area contributed by atoms with Crippen molar-refractivity contribution >= 4 is 17.7 Å². The Hall–Kier alpha value is -0.0200. The molecule has 0 amide bonds. The molecule has 0 heterocycles. The highest BCUT2D eigenvalue weighted by molar-refractivity contribution is 7.96. The minimum Gasteiger partial charge on any atom is -0.373 e. The molecule has 0 aliphatic carbocycles. The van der Waals surface area contributed by atoms with E-state index in [1.54, 1.807) is 0 Å². The van der Waals surface area contributed by atoms with Crippen LogP contribution in [0.25, 0.3) is 0 Å². The number of hydrogen-bond donors (Lipinski definition) is 1. The van der Waals surface area contributed by atoms with Gasteiger partial charge in [0.05, 0.1) is 0 Å². The third-order valence-electron chi connectivity index (χ3n) is 1.87. The number of carbonyl (C=O) groups is 1. The van der Waals surface area contributed by atoms with Gasteiger partial charge in [0.2, 0.25) is 5.12 Å². The minimum atomic E-state index is -0.189. The van der Waals surface area contributed by atoms with Gasteiger partial charge in [-0.3, -0.25) is 4.79 Å². The Morgan fingerprint density at radius 2 is 1.77 bits per heavy atom. The summed E-state index contributed by atoms with van der Waals surface area (Å²) in [5.41, 5.74) is 0. The summed E-state index contributed by atoms with van der Waals surface area (Å²) < 4.78 is 5.08. The van der Waals surface area contributed by atoms with Gasteiger partial charge in [-0.2, -0.15) is 0 Å². The van der Waals surface area contributed by atoms with Gasteiger partial charge in [0.15, 0.2) is 0 Å². The Morgan fingerprint density at radius 3 is 2.38 bits per heavy atom. The molecule has 3 heteroatoms. The van der Waals surface area contributed by atoms with Crippen LogP contribution in [-0.2, 0) is 9.53 Å². The van der Waals surface area contributed by atoms with Gasteiger partial charge in [-0.15, -0.1) is 12.6 Å². The van der Waals surface area contributed by atoms with Crippen molar-refractivity contribution < 1.29 is 9.53 Å². The zero-order valence-corrected chi connectivity index (χ0v) is 9.31. The maximum atomic E-state index is 10.4. The highest BCUT2D eigenvalue weighted by Crippen LogP contribution is 2.04. The Morgan fingerprint density at radius 1 is 1.15 bits per heavy atom. The molecular weight excluding hydrogens is 184 g/mol. The maximum Gasteiger partial charge on any atom is 0.211 e. The summed E-state index contributed by atoms with van der Waals surface area (Å²) in [4.78, 5) is 10.4. The first kappa shape index (κ1) is 13.0. The lowest BCUT2D eigenvalue weighted by Crippen LogP contribution is -2.02. The number of carbonyl (C=O) groups excluding carboxylic acids is 1.